The molecular formula is C22H30N2O4S. The van der Waals surface area contributed by atoms with Gasteiger partial charge in [0.25, 0.3) is 0 Å². The minimum Gasteiger partial charge on any atom is -0.463 e. The summed E-state index contributed by atoms with van der Waals surface area (Å²) in [5.74, 6) is 0.114. The smallest absolute Gasteiger partial charge is 0.330 e. The fraction of sp³-hybridized carbons (Fsp3) is 0.500. The molecule has 1 aromatic rings. The molecule has 2 amide bonds. The van der Waals surface area contributed by atoms with Gasteiger partial charge in [0.15, 0.2) is 0 Å². The first-order chi connectivity index (χ1) is 14.0. The van der Waals surface area contributed by atoms with E-state index in [0.29, 0.717) is 24.1 Å². The lowest BCUT2D eigenvalue weighted by atomic mass is 9.94. The number of rotatable bonds is 9. The van der Waals surface area contributed by atoms with Crippen molar-refractivity contribution in [3.05, 3.63) is 35.9 Å². The Morgan fingerprint density at radius 1 is 1.14 bits per heavy atom. The van der Waals surface area contributed by atoms with Crippen LogP contribution in [0.1, 0.15) is 44.6 Å². The first-order valence-corrected chi connectivity index (χ1v) is 11.2. The number of nitrogens with one attached hydrogen (secondary N) is 1. The highest BCUT2D eigenvalue weighted by atomic mass is 32.2. The number of carbonyl (C=O) groups is 3. The zero-order valence-corrected chi connectivity index (χ0v) is 18.0. The first kappa shape index (κ1) is 23.0. The number of hydrogen-bond acceptors (Lipinski definition) is 5. The number of esters is 1. The van der Waals surface area contributed by atoms with Gasteiger partial charge < -0.3 is 15.0 Å². The van der Waals surface area contributed by atoms with Gasteiger partial charge in [-0.1, -0.05) is 31.4 Å². The number of nitrogens with zero attached hydrogens (tertiary/aromatic N) is 1. The van der Waals surface area contributed by atoms with Crippen LogP contribution < -0.4 is 5.32 Å². The molecule has 1 aliphatic carbocycles. The van der Waals surface area contributed by atoms with Crippen LogP contribution in [0.4, 0.5) is 5.69 Å². The molecule has 1 fully saturated rings. The van der Waals surface area contributed by atoms with Crippen LogP contribution in [0.25, 0.3) is 6.08 Å². The molecule has 0 heterocycles. The standard InChI is InChI=1S/C22H30N2O4S/c1-3-28-22(27)14-11-17-9-12-18(13-10-17)23-20(25)15-29-16-21(26)24(2)19-7-5-4-6-8-19/h9-14,19H,3-8,15-16H2,1-2H3,(H,23,25)/b14-11+. The van der Waals surface area contributed by atoms with Crippen LogP contribution in [0.3, 0.4) is 0 Å². The molecule has 1 saturated carbocycles. The minimum absolute atomic E-state index is 0.0902. The van der Waals surface area contributed by atoms with E-state index in [1.54, 1.807) is 37.3 Å². The molecule has 0 aromatic heterocycles. The Morgan fingerprint density at radius 3 is 2.48 bits per heavy atom. The van der Waals surface area contributed by atoms with Crippen molar-refractivity contribution in [2.45, 2.75) is 45.1 Å². The predicted molar refractivity (Wildman–Crippen MR) is 118 cm³/mol. The molecular weight excluding hydrogens is 388 g/mol. The van der Waals surface area contributed by atoms with Crippen LogP contribution in [0.15, 0.2) is 30.3 Å². The third kappa shape index (κ3) is 8.31. The van der Waals surface area contributed by atoms with Gasteiger partial charge in [0.05, 0.1) is 18.1 Å². The monoisotopic (exact) mass is 418 g/mol. The number of benzene rings is 1. The van der Waals surface area contributed by atoms with Gasteiger partial charge in [-0.2, -0.15) is 0 Å². The second kappa shape index (κ2) is 12.3. The van der Waals surface area contributed by atoms with Crippen LogP contribution >= 0.6 is 11.8 Å². The fourth-order valence-corrected chi connectivity index (χ4v) is 3.97. The number of ether oxygens (including phenoxy) is 1. The van der Waals surface area contributed by atoms with E-state index in [2.05, 4.69) is 5.32 Å². The van der Waals surface area contributed by atoms with Gasteiger partial charge >= 0.3 is 5.97 Å². The predicted octanol–water partition coefficient (Wildman–Crippen LogP) is 3.73. The molecule has 7 heteroatoms. The fourth-order valence-electron chi connectivity index (χ4n) is 3.23. The maximum absolute atomic E-state index is 12.3. The average Bonchev–Trinajstić information content (AvgIpc) is 2.73. The lowest BCUT2D eigenvalue weighted by Crippen LogP contribution is -2.39. The molecule has 0 atom stereocenters. The molecule has 0 radical (unpaired) electrons. The van der Waals surface area contributed by atoms with E-state index in [1.165, 1.54) is 37.1 Å². The minimum atomic E-state index is -0.384. The third-order valence-corrected chi connectivity index (χ3v) is 5.78. The van der Waals surface area contributed by atoms with Crippen molar-refractivity contribution in [3.63, 3.8) is 0 Å². The van der Waals surface area contributed by atoms with Gasteiger partial charge in [0, 0.05) is 24.9 Å². The number of carbonyl (C=O) groups excluding carboxylic acids is 3. The Morgan fingerprint density at radius 2 is 1.83 bits per heavy atom. The summed E-state index contributed by atoms with van der Waals surface area (Å²) in [5.41, 5.74) is 1.51. The van der Waals surface area contributed by atoms with Crippen LogP contribution in [-0.4, -0.2) is 53.9 Å². The van der Waals surface area contributed by atoms with Gasteiger partial charge in [0.1, 0.15) is 0 Å². The van der Waals surface area contributed by atoms with Crippen molar-refractivity contribution in [1.29, 1.82) is 0 Å². The maximum atomic E-state index is 12.3. The van der Waals surface area contributed by atoms with Crippen molar-refractivity contribution in [3.8, 4) is 0 Å². The van der Waals surface area contributed by atoms with Crippen molar-refractivity contribution in [2.75, 3.05) is 30.5 Å². The Balaban J connectivity index is 1.70. The van der Waals surface area contributed by atoms with Gasteiger partial charge in [-0.15, -0.1) is 11.8 Å². The van der Waals surface area contributed by atoms with Crippen molar-refractivity contribution < 1.29 is 19.1 Å². The van der Waals surface area contributed by atoms with Crippen molar-refractivity contribution >= 4 is 41.3 Å². The van der Waals surface area contributed by atoms with Crippen LogP contribution in [0.5, 0.6) is 0 Å². The van der Waals surface area contributed by atoms with E-state index < -0.39 is 0 Å². The molecule has 0 aliphatic heterocycles. The van der Waals surface area contributed by atoms with E-state index in [-0.39, 0.29) is 23.5 Å². The number of anilines is 1. The second-order valence-corrected chi connectivity index (χ2v) is 8.03. The number of amides is 2. The number of hydrogen-bond donors (Lipinski definition) is 1. The zero-order valence-electron chi connectivity index (χ0n) is 17.2. The summed E-state index contributed by atoms with van der Waals surface area (Å²) in [6, 6.07) is 7.51. The second-order valence-electron chi connectivity index (χ2n) is 7.04. The van der Waals surface area contributed by atoms with E-state index in [1.807, 2.05) is 11.9 Å². The highest BCUT2D eigenvalue weighted by molar-refractivity contribution is 8.00. The molecule has 6 nitrogen and oxygen atoms in total. The largest absolute Gasteiger partial charge is 0.463 e. The maximum Gasteiger partial charge on any atom is 0.330 e. The van der Waals surface area contributed by atoms with E-state index in [4.69, 9.17) is 4.74 Å². The third-order valence-electron chi connectivity index (χ3n) is 4.87. The Hall–Kier alpha value is -2.28. The quantitative estimate of drug-likeness (QED) is 0.489. The van der Waals surface area contributed by atoms with Crippen molar-refractivity contribution in [2.24, 2.45) is 0 Å². The molecule has 0 unspecified atom stereocenters. The summed E-state index contributed by atoms with van der Waals surface area (Å²) >= 11 is 1.33. The SMILES string of the molecule is CCOC(=O)/C=C/c1ccc(NC(=O)CSCC(=O)N(C)C2CCCCC2)cc1. The summed E-state index contributed by atoms with van der Waals surface area (Å²) in [7, 11) is 1.87. The van der Waals surface area contributed by atoms with E-state index >= 15 is 0 Å². The molecule has 1 aliphatic rings. The van der Waals surface area contributed by atoms with E-state index in [9.17, 15) is 14.4 Å². The Labute approximate surface area is 177 Å². The lowest BCUT2D eigenvalue weighted by Gasteiger charge is -2.31. The van der Waals surface area contributed by atoms with E-state index in [0.717, 1.165) is 18.4 Å². The molecule has 0 saturated heterocycles. The molecule has 2 rings (SSSR count). The molecule has 1 aromatic carbocycles. The topological polar surface area (TPSA) is 75.7 Å². The molecule has 1 N–H and O–H groups in total. The normalized spacial score (nSPS) is 14.6. The molecule has 158 valence electrons. The Bertz CT molecular complexity index is 712. The van der Waals surface area contributed by atoms with Crippen molar-refractivity contribution in [1.82, 2.24) is 4.90 Å². The lowest BCUT2D eigenvalue weighted by molar-refractivity contribution is -0.137. The highest BCUT2D eigenvalue weighted by Gasteiger charge is 2.21. The first-order valence-electron chi connectivity index (χ1n) is 10.1. The molecule has 29 heavy (non-hydrogen) atoms. The summed E-state index contributed by atoms with van der Waals surface area (Å²) < 4.78 is 4.83. The molecule has 0 bridgehead atoms. The van der Waals surface area contributed by atoms with Gasteiger partial charge in [0.2, 0.25) is 11.8 Å². The Kier molecular flexibility index (Phi) is 9.77. The molecule has 0 spiro atoms. The summed E-state index contributed by atoms with van der Waals surface area (Å²) in [5, 5.41) is 2.82. The zero-order chi connectivity index (χ0) is 21.1. The van der Waals surface area contributed by atoms with Crippen LogP contribution in [0, 0.1) is 0 Å². The average molecular weight is 419 g/mol. The summed E-state index contributed by atoms with van der Waals surface area (Å²) in [6.07, 6.45) is 8.83. The van der Waals surface area contributed by atoms with Gasteiger partial charge in [-0.3, -0.25) is 9.59 Å². The van der Waals surface area contributed by atoms with Gasteiger partial charge in [-0.25, -0.2) is 4.79 Å². The highest BCUT2D eigenvalue weighted by Crippen LogP contribution is 2.22. The summed E-state index contributed by atoms with van der Waals surface area (Å²) in [4.78, 5) is 37.6. The van der Waals surface area contributed by atoms with Gasteiger partial charge in [-0.05, 0) is 43.5 Å². The number of thioether (sulfide) groups is 1. The van der Waals surface area contributed by atoms with Crippen LogP contribution in [0.2, 0.25) is 0 Å². The van der Waals surface area contributed by atoms with Crippen LogP contribution in [-0.2, 0) is 19.1 Å². The summed E-state index contributed by atoms with van der Waals surface area (Å²) in [6.45, 7) is 2.10.